The number of carbonyl (C=O) groups is 1. The first-order valence-corrected chi connectivity index (χ1v) is 9.12. The van der Waals surface area contributed by atoms with Crippen molar-refractivity contribution in [3.63, 3.8) is 0 Å². The van der Waals surface area contributed by atoms with Crippen molar-refractivity contribution in [1.82, 2.24) is 15.2 Å². The molecule has 2 aromatic carbocycles. The maximum Gasteiger partial charge on any atom is 0.321 e. The van der Waals surface area contributed by atoms with Crippen LogP contribution < -0.4 is 15.4 Å². The molecule has 0 bridgehead atoms. The molecule has 0 fully saturated rings. The van der Waals surface area contributed by atoms with E-state index < -0.39 is 0 Å². The lowest BCUT2D eigenvalue weighted by atomic mass is 10.1. The van der Waals surface area contributed by atoms with Crippen LogP contribution in [0.4, 0.5) is 9.93 Å². The maximum absolute atomic E-state index is 12.1. The standard InChI is InChI=1S/C19H22N4O2S/c1-23(2)12-11-20-18(24)22-19-21-16-15(25-3)10-9-14(17(16)26-19)13-7-5-4-6-8-13/h4-10H,11-12H2,1-3H3,(H2,20,21,22,24). The topological polar surface area (TPSA) is 66.5 Å². The molecule has 0 atom stereocenters. The number of aromatic nitrogens is 1. The van der Waals surface area contributed by atoms with Crippen molar-refractivity contribution in [2.75, 3.05) is 39.6 Å². The monoisotopic (exact) mass is 370 g/mol. The summed E-state index contributed by atoms with van der Waals surface area (Å²) in [5.41, 5.74) is 2.92. The molecule has 0 saturated carbocycles. The van der Waals surface area contributed by atoms with Crippen LogP contribution in [0.25, 0.3) is 21.3 Å². The number of nitrogens with one attached hydrogen (secondary N) is 2. The Hall–Kier alpha value is -2.64. The summed E-state index contributed by atoms with van der Waals surface area (Å²) in [5, 5.41) is 6.19. The number of likely N-dealkylation sites (N-methyl/N-ethyl adjacent to an activating group) is 1. The Balaban J connectivity index is 1.88. The van der Waals surface area contributed by atoms with Gasteiger partial charge in [0.25, 0.3) is 0 Å². The highest BCUT2D eigenvalue weighted by molar-refractivity contribution is 7.23. The predicted octanol–water partition coefficient (Wildman–Crippen LogP) is 3.66. The zero-order chi connectivity index (χ0) is 18.5. The van der Waals surface area contributed by atoms with E-state index in [1.165, 1.54) is 11.3 Å². The van der Waals surface area contributed by atoms with Crippen molar-refractivity contribution in [3.8, 4) is 16.9 Å². The first kappa shape index (κ1) is 18.2. The molecule has 2 amide bonds. The molecule has 0 spiro atoms. The van der Waals surface area contributed by atoms with Crippen molar-refractivity contribution >= 4 is 32.7 Å². The van der Waals surface area contributed by atoms with E-state index in [4.69, 9.17) is 4.74 Å². The number of thiazole rings is 1. The van der Waals surface area contributed by atoms with Crippen LogP contribution >= 0.6 is 11.3 Å². The second-order valence-electron chi connectivity index (χ2n) is 6.06. The van der Waals surface area contributed by atoms with Crippen LogP contribution in [0.15, 0.2) is 42.5 Å². The summed E-state index contributed by atoms with van der Waals surface area (Å²) in [6.45, 7) is 1.35. The van der Waals surface area contributed by atoms with Gasteiger partial charge in [-0.25, -0.2) is 9.78 Å². The molecule has 3 rings (SSSR count). The Labute approximate surface area is 156 Å². The quantitative estimate of drug-likeness (QED) is 0.695. The lowest BCUT2D eigenvalue weighted by molar-refractivity contribution is 0.250. The van der Waals surface area contributed by atoms with Crippen LogP contribution in [-0.2, 0) is 0 Å². The molecule has 6 nitrogen and oxygen atoms in total. The van der Waals surface area contributed by atoms with Gasteiger partial charge in [0, 0.05) is 18.7 Å². The van der Waals surface area contributed by atoms with Crippen molar-refractivity contribution in [2.45, 2.75) is 0 Å². The molecule has 0 aliphatic carbocycles. The lowest BCUT2D eigenvalue weighted by Crippen LogP contribution is -2.34. The van der Waals surface area contributed by atoms with Gasteiger partial charge < -0.3 is 15.0 Å². The van der Waals surface area contributed by atoms with E-state index in [0.717, 1.165) is 27.9 Å². The molecule has 7 heteroatoms. The Morgan fingerprint density at radius 3 is 2.65 bits per heavy atom. The Kier molecular flexibility index (Phi) is 5.70. The number of nitrogens with zero attached hydrogens (tertiary/aromatic N) is 2. The minimum Gasteiger partial charge on any atom is -0.494 e. The van der Waals surface area contributed by atoms with Gasteiger partial charge in [0.1, 0.15) is 11.3 Å². The highest BCUT2D eigenvalue weighted by Crippen LogP contribution is 2.39. The van der Waals surface area contributed by atoms with Crippen molar-refractivity contribution < 1.29 is 9.53 Å². The number of benzene rings is 2. The number of rotatable bonds is 6. The fraction of sp³-hybridized carbons (Fsp3) is 0.263. The van der Waals surface area contributed by atoms with Gasteiger partial charge in [-0.2, -0.15) is 0 Å². The first-order valence-electron chi connectivity index (χ1n) is 8.31. The lowest BCUT2D eigenvalue weighted by Gasteiger charge is -2.10. The highest BCUT2D eigenvalue weighted by Gasteiger charge is 2.15. The van der Waals surface area contributed by atoms with Gasteiger partial charge in [0.05, 0.1) is 11.8 Å². The summed E-state index contributed by atoms with van der Waals surface area (Å²) < 4.78 is 6.42. The molecular weight excluding hydrogens is 348 g/mol. The van der Waals surface area contributed by atoms with Crippen molar-refractivity contribution in [2.24, 2.45) is 0 Å². The van der Waals surface area contributed by atoms with Crippen LogP contribution in [0.3, 0.4) is 0 Å². The molecule has 0 aliphatic heterocycles. The van der Waals surface area contributed by atoms with E-state index in [2.05, 4.69) is 27.8 Å². The number of methoxy groups -OCH3 is 1. The Morgan fingerprint density at radius 1 is 1.19 bits per heavy atom. The molecule has 0 unspecified atom stereocenters. The average molecular weight is 370 g/mol. The summed E-state index contributed by atoms with van der Waals surface area (Å²) in [6, 6.07) is 13.8. The summed E-state index contributed by atoms with van der Waals surface area (Å²) in [4.78, 5) is 18.6. The van der Waals surface area contributed by atoms with Gasteiger partial charge in [0.15, 0.2) is 5.13 Å². The van der Waals surface area contributed by atoms with Crippen LogP contribution in [0, 0.1) is 0 Å². The van der Waals surface area contributed by atoms with Gasteiger partial charge in [-0.1, -0.05) is 41.7 Å². The summed E-state index contributed by atoms with van der Waals surface area (Å²) >= 11 is 1.44. The van der Waals surface area contributed by atoms with Gasteiger partial charge in [-0.05, 0) is 31.8 Å². The summed E-state index contributed by atoms with van der Waals surface area (Å²) in [7, 11) is 5.55. The average Bonchev–Trinajstić information content (AvgIpc) is 3.04. The van der Waals surface area contributed by atoms with Crippen molar-refractivity contribution in [1.29, 1.82) is 0 Å². The first-order chi connectivity index (χ1) is 12.6. The molecule has 0 aliphatic rings. The summed E-state index contributed by atoms with van der Waals surface area (Å²) in [6.07, 6.45) is 0. The highest BCUT2D eigenvalue weighted by atomic mass is 32.1. The van der Waals surface area contributed by atoms with E-state index in [9.17, 15) is 4.79 Å². The smallest absolute Gasteiger partial charge is 0.321 e. The second kappa shape index (κ2) is 8.16. The van der Waals surface area contributed by atoms with Crippen molar-refractivity contribution in [3.05, 3.63) is 42.5 Å². The summed E-state index contributed by atoms with van der Waals surface area (Å²) in [5.74, 6) is 0.692. The number of urea groups is 1. The molecule has 26 heavy (non-hydrogen) atoms. The number of ether oxygens (including phenoxy) is 1. The SMILES string of the molecule is COc1ccc(-c2ccccc2)c2sc(NC(=O)NCCN(C)C)nc12. The number of amides is 2. The van der Waals surface area contributed by atoms with E-state index in [1.807, 2.05) is 49.3 Å². The fourth-order valence-electron chi connectivity index (χ4n) is 2.58. The minimum atomic E-state index is -0.258. The molecule has 1 aromatic heterocycles. The number of carbonyl (C=O) groups excluding carboxylic acids is 1. The van der Waals surface area contributed by atoms with E-state index in [1.54, 1.807) is 7.11 Å². The fourth-order valence-corrected chi connectivity index (χ4v) is 3.59. The largest absolute Gasteiger partial charge is 0.494 e. The van der Waals surface area contributed by atoms with Crippen LogP contribution in [0.1, 0.15) is 0 Å². The third-order valence-corrected chi connectivity index (χ3v) is 4.88. The zero-order valence-electron chi connectivity index (χ0n) is 15.1. The van der Waals surface area contributed by atoms with Crippen LogP contribution in [0.2, 0.25) is 0 Å². The second-order valence-corrected chi connectivity index (χ2v) is 7.06. The molecule has 1 heterocycles. The predicted molar refractivity (Wildman–Crippen MR) is 107 cm³/mol. The number of hydrogen-bond acceptors (Lipinski definition) is 5. The van der Waals surface area contributed by atoms with E-state index in [0.29, 0.717) is 17.4 Å². The van der Waals surface area contributed by atoms with E-state index in [-0.39, 0.29) is 6.03 Å². The Bertz CT molecular complexity index is 893. The van der Waals surface area contributed by atoms with Gasteiger partial charge >= 0.3 is 6.03 Å². The molecule has 0 saturated heterocycles. The Morgan fingerprint density at radius 2 is 1.96 bits per heavy atom. The third kappa shape index (κ3) is 4.12. The number of hydrogen-bond donors (Lipinski definition) is 2. The van der Waals surface area contributed by atoms with Gasteiger partial charge in [0.2, 0.25) is 0 Å². The van der Waals surface area contributed by atoms with Gasteiger partial charge in [-0.15, -0.1) is 0 Å². The van der Waals surface area contributed by atoms with E-state index >= 15 is 0 Å². The third-order valence-electron chi connectivity index (χ3n) is 3.88. The minimum absolute atomic E-state index is 0.258. The zero-order valence-corrected chi connectivity index (χ0v) is 15.9. The number of fused-ring (bicyclic) bond motifs is 1. The van der Waals surface area contributed by atoms with Crippen LogP contribution in [0.5, 0.6) is 5.75 Å². The molecular formula is C19H22N4O2S. The molecule has 136 valence electrons. The molecule has 3 aromatic rings. The maximum atomic E-state index is 12.1. The van der Waals surface area contributed by atoms with Gasteiger partial charge in [-0.3, -0.25) is 5.32 Å². The normalized spacial score (nSPS) is 10.9. The molecule has 2 N–H and O–H groups in total. The molecule has 0 radical (unpaired) electrons. The van der Waals surface area contributed by atoms with Crippen LogP contribution in [-0.4, -0.2) is 50.2 Å². The number of anilines is 1.